The molecule has 1 aromatic carbocycles. The van der Waals surface area contributed by atoms with Gasteiger partial charge in [-0.15, -0.1) is 0 Å². The van der Waals surface area contributed by atoms with Crippen LogP contribution in [0.2, 0.25) is 0 Å². The molecule has 0 radical (unpaired) electrons. The first-order valence-corrected chi connectivity index (χ1v) is 12.1. The molecule has 172 valence electrons. The van der Waals surface area contributed by atoms with Gasteiger partial charge in [0.25, 0.3) is 11.6 Å². The van der Waals surface area contributed by atoms with Crippen LogP contribution in [0, 0.1) is 16.0 Å². The minimum absolute atomic E-state index is 0.0481. The number of aromatic nitrogens is 2. The van der Waals surface area contributed by atoms with Crippen LogP contribution in [0.25, 0.3) is 10.3 Å². The van der Waals surface area contributed by atoms with Crippen molar-refractivity contribution in [3.63, 3.8) is 0 Å². The predicted octanol–water partition coefficient (Wildman–Crippen LogP) is 3.80. The molecule has 3 aromatic rings. The van der Waals surface area contributed by atoms with Crippen molar-refractivity contribution in [2.45, 2.75) is 19.8 Å². The quantitative estimate of drug-likeness (QED) is 0.426. The number of carbonyl (C=O) groups is 1. The second-order valence-electron chi connectivity index (χ2n) is 8.73. The molecule has 0 aliphatic carbocycles. The highest BCUT2D eigenvalue weighted by Crippen LogP contribution is 2.31. The van der Waals surface area contributed by atoms with E-state index in [9.17, 15) is 14.9 Å². The summed E-state index contributed by atoms with van der Waals surface area (Å²) in [4.78, 5) is 40.6. The zero-order valence-corrected chi connectivity index (χ0v) is 19.3. The Balaban J connectivity index is 1.34. The maximum absolute atomic E-state index is 13.5. The number of nitro groups is 1. The number of anilines is 2. The van der Waals surface area contributed by atoms with Crippen LogP contribution in [0.4, 0.5) is 16.5 Å². The number of amides is 1. The zero-order valence-electron chi connectivity index (χ0n) is 18.5. The second-order valence-corrected chi connectivity index (χ2v) is 9.69. The summed E-state index contributed by atoms with van der Waals surface area (Å²) in [5, 5.41) is 12.3. The van der Waals surface area contributed by atoms with E-state index in [1.165, 1.54) is 12.1 Å². The highest BCUT2D eigenvalue weighted by molar-refractivity contribution is 7.21. The number of fused-ring (bicyclic) bond motifs is 1. The van der Waals surface area contributed by atoms with Crippen LogP contribution in [0.1, 0.15) is 30.1 Å². The van der Waals surface area contributed by atoms with Crippen LogP contribution in [-0.4, -0.2) is 65.0 Å². The van der Waals surface area contributed by atoms with Crippen molar-refractivity contribution in [1.82, 2.24) is 14.9 Å². The molecule has 1 amide bonds. The molecule has 5 rings (SSSR count). The molecule has 2 aliphatic heterocycles. The number of benzene rings is 1. The molecule has 10 heteroatoms. The lowest BCUT2D eigenvalue weighted by molar-refractivity contribution is -0.384. The molecule has 0 N–H and O–H groups in total. The van der Waals surface area contributed by atoms with Gasteiger partial charge in [-0.1, -0.05) is 18.3 Å². The Bertz CT molecular complexity index is 1150. The highest BCUT2D eigenvalue weighted by atomic mass is 32.1. The van der Waals surface area contributed by atoms with Gasteiger partial charge < -0.3 is 14.7 Å². The van der Waals surface area contributed by atoms with E-state index in [-0.39, 0.29) is 11.6 Å². The monoisotopic (exact) mass is 466 g/mol. The largest absolute Gasteiger partial charge is 0.371 e. The molecule has 2 fully saturated rings. The SMILES string of the molecule is CC1CCN(c2ccc([N+](=O)[O-])cc2C(=O)N2CCN(c3nc4cccnc4s3)CC2)CC1. The van der Waals surface area contributed by atoms with E-state index in [0.717, 1.165) is 47.1 Å². The Labute approximate surface area is 195 Å². The van der Waals surface area contributed by atoms with Gasteiger partial charge in [0.15, 0.2) is 5.13 Å². The fraction of sp³-hybridized carbons (Fsp3) is 0.435. The van der Waals surface area contributed by atoms with Crippen LogP contribution in [0.15, 0.2) is 36.5 Å². The van der Waals surface area contributed by atoms with E-state index < -0.39 is 4.92 Å². The van der Waals surface area contributed by atoms with Crippen molar-refractivity contribution in [1.29, 1.82) is 0 Å². The Hall–Kier alpha value is -3.27. The van der Waals surface area contributed by atoms with E-state index in [1.807, 2.05) is 12.1 Å². The van der Waals surface area contributed by atoms with Crippen molar-refractivity contribution in [3.8, 4) is 0 Å². The first-order valence-electron chi connectivity index (χ1n) is 11.3. The Kier molecular flexibility index (Phi) is 5.84. The summed E-state index contributed by atoms with van der Waals surface area (Å²) in [6.45, 7) is 6.37. The normalized spacial score (nSPS) is 17.5. The average molecular weight is 467 g/mol. The third kappa shape index (κ3) is 4.35. The summed E-state index contributed by atoms with van der Waals surface area (Å²) in [7, 11) is 0. The zero-order chi connectivity index (χ0) is 22.9. The number of carbonyl (C=O) groups excluding carboxylic acids is 1. The third-order valence-corrected chi connectivity index (χ3v) is 7.58. The third-order valence-electron chi connectivity index (χ3n) is 6.54. The Morgan fingerprint density at radius 2 is 1.85 bits per heavy atom. The number of thiazole rings is 1. The Morgan fingerprint density at radius 1 is 1.09 bits per heavy atom. The van der Waals surface area contributed by atoms with E-state index in [1.54, 1.807) is 28.5 Å². The number of non-ortho nitro benzene ring substituents is 1. The molecule has 0 unspecified atom stereocenters. The number of nitro benzene ring substituents is 1. The summed E-state index contributed by atoms with van der Waals surface area (Å²) in [5.74, 6) is 0.516. The van der Waals surface area contributed by atoms with Gasteiger partial charge in [0.2, 0.25) is 0 Å². The molecule has 0 bridgehead atoms. The molecule has 33 heavy (non-hydrogen) atoms. The van der Waals surface area contributed by atoms with Crippen molar-refractivity contribution >= 4 is 44.1 Å². The number of rotatable bonds is 4. The van der Waals surface area contributed by atoms with Gasteiger partial charge in [-0.05, 0) is 37.0 Å². The first-order chi connectivity index (χ1) is 16.0. The molecule has 4 heterocycles. The van der Waals surface area contributed by atoms with Gasteiger partial charge in [-0.3, -0.25) is 14.9 Å². The molecular formula is C23H26N6O3S. The first kappa shape index (κ1) is 21.6. The number of hydrogen-bond acceptors (Lipinski definition) is 8. The summed E-state index contributed by atoms with van der Waals surface area (Å²) in [5.41, 5.74) is 2.06. The number of piperazine rings is 1. The van der Waals surface area contributed by atoms with E-state index >= 15 is 0 Å². The molecule has 2 aromatic heterocycles. The molecule has 2 aliphatic rings. The smallest absolute Gasteiger partial charge is 0.270 e. The van der Waals surface area contributed by atoms with Gasteiger partial charge in [0, 0.05) is 57.6 Å². The van der Waals surface area contributed by atoms with Crippen LogP contribution < -0.4 is 9.80 Å². The van der Waals surface area contributed by atoms with Crippen LogP contribution in [-0.2, 0) is 0 Å². The molecule has 0 atom stereocenters. The maximum atomic E-state index is 13.5. The van der Waals surface area contributed by atoms with E-state index in [4.69, 9.17) is 0 Å². The maximum Gasteiger partial charge on any atom is 0.270 e. The lowest BCUT2D eigenvalue weighted by atomic mass is 9.97. The highest BCUT2D eigenvalue weighted by Gasteiger charge is 2.29. The van der Waals surface area contributed by atoms with Crippen molar-refractivity contribution < 1.29 is 9.72 Å². The second kappa shape index (κ2) is 8.93. The molecule has 2 saturated heterocycles. The topological polar surface area (TPSA) is 95.7 Å². The number of piperidine rings is 1. The van der Waals surface area contributed by atoms with Crippen LogP contribution in [0.5, 0.6) is 0 Å². The number of nitrogens with zero attached hydrogens (tertiary/aromatic N) is 6. The average Bonchev–Trinajstić information content (AvgIpc) is 3.28. The van der Waals surface area contributed by atoms with Gasteiger partial charge in [0.1, 0.15) is 10.3 Å². The van der Waals surface area contributed by atoms with Crippen molar-refractivity contribution in [2.75, 3.05) is 49.1 Å². The van der Waals surface area contributed by atoms with Crippen molar-refractivity contribution in [2.24, 2.45) is 5.92 Å². The number of pyridine rings is 1. The van der Waals surface area contributed by atoms with Crippen LogP contribution in [0.3, 0.4) is 0 Å². The predicted molar refractivity (Wildman–Crippen MR) is 129 cm³/mol. The van der Waals surface area contributed by atoms with Gasteiger partial charge in [-0.25, -0.2) is 9.97 Å². The fourth-order valence-electron chi connectivity index (χ4n) is 4.50. The summed E-state index contributed by atoms with van der Waals surface area (Å²) < 4.78 is 0. The lowest BCUT2D eigenvalue weighted by Crippen LogP contribution is -2.49. The molecule has 9 nitrogen and oxygen atoms in total. The summed E-state index contributed by atoms with van der Waals surface area (Å²) >= 11 is 1.55. The summed E-state index contributed by atoms with van der Waals surface area (Å²) in [6, 6.07) is 8.52. The minimum atomic E-state index is -0.433. The summed E-state index contributed by atoms with van der Waals surface area (Å²) in [6.07, 6.45) is 3.88. The van der Waals surface area contributed by atoms with E-state index in [2.05, 4.69) is 26.7 Å². The van der Waals surface area contributed by atoms with Gasteiger partial charge in [-0.2, -0.15) is 0 Å². The van der Waals surface area contributed by atoms with Crippen LogP contribution >= 0.6 is 11.3 Å². The lowest BCUT2D eigenvalue weighted by Gasteiger charge is -2.36. The van der Waals surface area contributed by atoms with Crippen molar-refractivity contribution in [3.05, 3.63) is 52.2 Å². The van der Waals surface area contributed by atoms with Gasteiger partial charge >= 0.3 is 0 Å². The minimum Gasteiger partial charge on any atom is -0.371 e. The molecule has 0 spiro atoms. The van der Waals surface area contributed by atoms with E-state index in [0.29, 0.717) is 37.7 Å². The standard InChI is InChI=1S/C23H26N6O3S/c1-16-6-9-26(10-7-16)20-5-4-17(29(31)32)15-18(20)22(30)27-11-13-28(14-12-27)23-25-19-3-2-8-24-21(19)33-23/h2-5,8,15-16H,6-7,9-14H2,1H3. The fourth-order valence-corrected chi connectivity index (χ4v) is 5.46. The number of hydrogen-bond donors (Lipinski definition) is 0. The van der Waals surface area contributed by atoms with Gasteiger partial charge in [0.05, 0.1) is 16.2 Å². The molecule has 0 saturated carbocycles. The molecular weight excluding hydrogens is 440 g/mol. The Morgan fingerprint density at radius 3 is 2.55 bits per heavy atom.